The second kappa shape index (κ2) is 15.7. The molecule has 3 aromatic heterocycles. The van der Waals surface area contributed by atoms with Crippen molar-refractivity contribution in [1.82, 2.24) is 19.5 Å². The summed E-state index contributed by atoms with van der Waals surface area (Å²) in [7, 11) is 0. The number of para-hydroxylation sites is 2. The first-order valence-electron chi connectivity index (χ1n) is 21.6. The zero-order chi connectivity index (χ0) is 44.1. The Morgan fingerprint density at radius 1 is 0.364 bits per heavy atom. The molecule has 7 heteroatoms. The van der Waals surface area contributed by atoms with Crippen molar-refractivity contribution in [2.45, 2.75) is 0 Å². The van der Waals surface area contributed by atoms with Crippen molar-refractivity contribution < 1.29 is 4.42 Å². The number of rotatable bonds is 7. The van der Waals surface area contributed by atoms with Crippen molar-refractivity contribution in [3.8, 4) is 85.4 Å². The Hall–Kier alpha value is -9.43. The van der Waals surface area contributed by atoms with E-state index in [1.165, 1.54) is 0 Å². The normalized spacial score (nSPS) is 11.3. The summed E-state index contributed by atoms with van der Waals surface area (Å²) in [5.41, 5.74) is 14.3. The van der Waals surface area contributed by atoms with Gasteiger partial charge in [0.25, 0.3) is 0 Å². The minimum Gasteiger partial charge on any atom is -0.455 e. The summed E-state index contributed by atoms with van der Waals surface area (Å²) in [6.45, 7) is 0. The third-order valence-electron chi connectivity index (χ3n) is 12.4. The van der Waals surface area contributed by atoms with Crippen LogP contribution in [-0.4, -0.2) is 19.5 Å². The molecule has 0 N–H and O–H groups in total. The maximum Gasteiger partial charge on any atom is 0.166 e. The van der Waals surface area contributed by atoms with Crippen LogP contribution < -0.4 is 0 Å². The van der Waals surface area contributed by atoms with Gasteiger partial charge in [-0.05, 0) is 94.5 Å². The molecule has 12 aromatic rings. The van der Waals surface area contributed by atoms with Crippen LogP contribution in [0.4, 0.5) is 0 Å². The maximum absolute atomic E-state index is 9.54. The Balaban J connectivity index is 1.15. The minimum atomic E-state index is 0.523. The second-order valence-electron chi connectivity index (χ2n) is 16.2. The Morgan fingerprint density at radius 3 is 1.44 bits per heavy atom. The predicted octanol–water partition coefficient (Wildman–Crippen LogP) is 14.6. The number of aromatic nitrogens is 4. The van der Waals surface area contributed by atoms with Gasteiger partial charge in [-0.3, -0.25) is 0 Å². The topological polar surface area (TPSA) is 104 Å². The van der Waals surface area contributed by atoms with E-state index in [4.69, 9.17) is 19.4 Å². The number of nitriles is 2. The standard InChI is InChI=1S/C59H34N6O/c60-35-37-18-22-39(23-19-37)43-26-29-52-49(32-43)50-33-44(40-24-20-38(36-61)21-25-40)27-30-53(50)65(52)54-31-28-45(46-15-9-16-48-47-14-7-8-17-55(47)66-56(46)48)34-51(54)59-63-57(41-10-3-1-4-11-41)62-58(64-59)42-12-5-2-6-13-42/h1-34H. The summed E-state index contributed by atoms with van der Waals surface area (Å²) < 4.78 is 8.91. The lowest BCUT2D eigenvalue weighted by atomic mass is 9.98. The van der Waals surface area contributed by atoms with Gasteiger partial charge in [-0.1, -0.05) is 140 Å². The van der Waals surface area contributed by atoms with Crippen LogP contribution in [0.3, 0.4) is 0 Å². The molecule has 0 unspecified atom stereocenters. The molecule has 12 rings (SSSR count). The van der Waals surface area contributed by atoms with Gasteiger partial charge >= 0.3 is 0 Å². The number of fused-ring (bicyclic) bond motifs is 6. The van der Waals surface area contributed by atoms with Gasteiger partial charge in [0.05, 0.1) is 40.0 Å². The molecule has 0 amide bonds. The van der Waals surface area contributed by atoms with Crippen molar-refractivity contribution in [2.75, 3.05) is 0 Å². The SMILES string of the molecule is N#Cc1ccc(-c2ccc3c(c2)c2cc(-c4ccc(C#N)cc4)ccc2n3-c2ccc(-c3cccc4c3oc3ccccc34)cc2-c2nc(-c3ccccc3)nc(-c3ccccc3)n2)cc1. The predicted molar refractivity (Wildman–Crippen MR) is 263 cm³/mol. The van der Waals surface area contributed by atoms with E-state index in [0.717, 1.165) is 99.5 Å². The van der Waals surface area contributed by atoms with Gasteiger partial charge in [0.2, 0.25) is 0 Å². The summed E-state index contributed by atoms with van der Waals surface area (Å²) in [6, 6.07) is 74.0. The van der Waals surface area contributed by atoms with Crippen molar-refractivity contribution in [2.24, 2.45) is 0 Å². The van der Waals surface area contributed by atoms with Gasteiger partial charge in [-0.15, -0.1) is 0 Å². The zero-order valence-corrected chi connectivity index (χ0v) is 35.2. The highest BCUT2D eigenvalue weighted by molar-refractivity contribution is 6.13. The quantitative estimate of drug-likeness (QED) is 0.158. The number of hydrogen-bond acceptors (Lipinski definition) is 6. The van der Waals surface area contributed by atoms with Crippen LogP contribution in [-0.2, 0) is 0 Å². The van der Waals surface area contributed by atoms with Gasteiger partial charge < -0.3 is 8.98 Å². The highest BCUT2D eigenvalue weighted by atomic mass is 16.3. The second-order valence-corrected chi connectivity index (χ2v) is 16.2. The van der Waals surface area contributed by atoms with Crippen LogP contribution >= 0.6 is 0 Å². The smallest absolute Gasteiger partial charge is 0.166 e. The van der Waals surface area contributed by atoms with Gasteiger partial charge in [-0.2, -0.15) is 10.5 Å². The lowest BCUT2D eigenvalue weighted by Gasteiger charge is -2.16. The Kier molecular flexibility index (Phi) is 9.12. The lowest BCUT2D eigenvalue weighted by Crippen LogP contribution is -2.04. The van der Waals surface area contributed by atoms with Gasteiger partial charge in [-0.25, -0.2) is 15.0 Å². The Morgan fingerprint density at radius 2 is 0.864 bits per heavy atom. The molecule has 66 heavy (non-hydrogen) atoms. The summed E-state index contributed by atoms with van der Waals surface area (Å²) >= 11 is 0. The molecule has 0 aliphatic heterocycles. The highest BCUT2D eigenvalue weighted by Gasteiger charge is 2.22. The van der Waals surface area contributed by atoms with E-state index in [9.17, 15) is 10.5 Å². The van der Waals surface area contributed by atoms with E-state index < -0.39 is 0 Å². The third-order valence-corrected chi connectivity index (χ3v) is 12.4. The average Bonchev–Trinajstić information content (AvgIpc) is 3.94. The molecule has 0 saturated carbocycles. The number of hydrogen-bond donors (Lipinski definition) is 0. The molecule has 0 aliphatic carbocycles. The van der Waals surface area contributed by atoms with Crippen LogP contribution in [0.1, 0.15) is 11.1 Å². The van der Waals surface area contributed by atoms with Gasteiger partial charge in [0, 0.05) is 43.8 Å². The van der Waals surface area contributed by atoms with Crippen LogP contribution in [0.15, 0.2) is 211 Å². The molecule has 0 spiro atoms. The van der Waals surface area contributed by atoms with Crippen LogP contribution in [0.5, 0.6) is 0 Å². The fourth-order valence-electron chi connectivity index (χ4n) is 9.10. The molecule has 0 atom stereocenters. The molecule has 0 bridgehead atoms. The van der Waals surface area contributed by atoms with Crippen molar-refractivity contribution in [1.29, 1.82) is 10.5 Å². The summed E-state index contributed by atoms with van der Waals surface area (Å²) in [5, 5.41) is 23.3. The first kappa shape index (κ1) is 38.3. The van der Waals surface area contributed by atoms with Crippen LogP contribution in [0.25, 0.3) is 117 Å². The van der Waals surface area contributed by atoms with Gasteiger partial charge in [0.15, 0.2) is 17.5 Å². The third kappa shape index (κ3) is 6.55. The lowest BCUT2D eigenvalue weighted by molar-refractivity contribution is 0.670. The van der Waals surface area contributed by atoms with E-state index in [-0.39, 0.29) is 0 Å². The zero-order valence-electron chi connectivity index (χ0n) is 35.2. The molecule has 0 aliphatic rings. The minimum absolute atomic E-state index is 0.523. The summed E-state index contributed by atoms with van der Waals surface area (Å²) in [4.78, 5) is 15.6. The molecule has 0 radical (unpaired) electrons. The molecular formula is C59H34N6O. The number of benzene rings is 9. The first-order valence-corrected chi connectivity index (χ1v) is 21.6. The van der Waals surface area contributed by atoms with Crippen molar-refractivity contribution in [3.63, 3.8) is 0 Å². The van der Waals surface area contributed by atoms with E-state index in [2.05, 4.69) is 95.6 Å². The van der Waals surface area contributed by atoms with Crippen molar-refractivity contribution in [3.05, 3.63) is 217 Å². The molecule has 3 heterocycles. The first-order chi connectivity index (χ1) is 32.6. The number of nitrogens with zero attached hydrogens (tertiary/aromatic N) is 6. The molecule has 0 fully saturated rings. The van der Waals surface area contributed by atoms with E-state index >= 15 is 0 Å². The molecule has 9 aromatic carbocycles. The number of furan rings is 1. The monoisotopic (exact) mass is 842 g/mol. The van der Waals surface area contributed by atoms with E-state index in [1.54, 1.807) is 0 Å². The van der Waals surface area contributed by atoms with Crippen LogP contribution in [0.2, 0.25) is 0 Å². The molecule has 306 valence electrons. The molecule has 7 nitrogen and oxygen atoms in total. The van der Waals surface area contributed by atoms with Gasteiger partial charge in [0.1, 0.15) is 11.2 Å². The highest BCUT2D eigenvalue weighted by Crippen LogP contribution is 2.43. The summed E-state index contributed by atoms with van der Waals surface area (Å²) in [5.74, 6) is 1.66. The van der Waals surface area contributed by atoms with E-state index in [1.807, 2.05) is 127 Å². The molecule has 0 saturated heterocycles. The molecular weight excluding hydrogens is 809 g/mol. The Labute approximate surface area is 379 Å². The Bertz CT molecular complexity index is 3760. The average molecular weight is 843 g/mol. The maximum atomic E-state index is 9.54. The summed E-state index contributed by atoms with van der Waals surface area (Å²) in [6.07, 6.45) is 0. The van der Waals surface area contributed by atoms with Crippen molar-refractivity contribution >= 4 is 43.7 Å². The fraction of sp³-hybridized carbons (Fsp3) is 0. The van der Waals surface area contributed by atoms with E-state index in [0.29, 0.717) is 28.6 Å². The van der Waals surface area contributed by atoms with Crippen LogP contribution in [0, 0.1) is 22.7 Å². The largest absolute Gasteiger partial charge is 0.455 e. The fourth-order valence-corrected chi connectivity index (χ4v) is 9.10.